The summed E-state index contributed by atoms with van der Waals surface area (Å²) < 4.78 is 8.25. The van der Waals surface area contributed by atoms with Gasteiger partial charge in [0.2, 0.25) is 0 Å². The molecule has 43 heavy (non-hydrogen) atoms. The van der Waals surface area contributed by atoms with Crippen molar-refractivity contribution < 1.29 is 23.1 Å². The third-order valence-corrected chi connectivity index (χ3v) is 13.0. The molecule has 0 heterocycles. The third kappa shape index (κ3) is 10.4. The van der Waals surface area contributed by atoms with Gasteiger partial charge in [-0.2, -0.15) is 0 Å². The van der Waals surface area contributed by atoms with Crippen molar-refractivity contribution in [1.82, 2.24) is 0 Å². The fourth-order valence-corrected chi connectivity index (χ4v) is 10.5. The number of para-hydroxylation sites is 1. The molecule has 0 N–H and O–H groups in total. The molecule has 3 heteroatoms. The van der Waals surface area contributed by atoms with E-state index in [2.05, 4.69) is 126 Å². The fraction of sp³-hybridized carbons (Fsp3) is 0.200. The Hall–Kier alpha value is -3.43. The first kappa shape index (κ1) is 32.5. The zero-order valence-electron chi connectivity index (χ0n) is 26.5. The van der Waals surface area contributed by atoms with E-state index in [0.29, 0.717) is 23.8 Å². The summed E-state index contributed by atoms with van der Waals surface area (Å²) in [6, 6.07) is 39.1. The Kier molecular flexibility index (Phi) is 12.0. The number of rotatable bonds is 8. The Morgan fingerprint density at radius 1 is 0.744 bits per heavy atom. The molecule has 1 nitrogen and oxygen atoms in total. The number of hydrogen-bond acceptors (Lipinski definition) is 1. The second-order valence-electron chi connectivity index (χ2n) is 12.2. The molecule has 0 saturated heterocycles. The molecule has 0 atom stereocenters. The van der Waals surface area contributed by atoms with Gasteiger partial charge in [-0.25, -0.2) is 0 Å². The average molecular weight is 617 g/mol. The first-order valence-electron chi connectivity index (χ1n) is 15.2. The van der Waals surface area contributed by atoms with Crippen molar-refractivity contribution in [3.05, 3.63) is 165 Å². The molecule has 1 aliphatic rings. The van der Waals surface area contributed by atoms with Gasteiger partial charge in [0, 0.05) is 11.1 Å². The van der Waals surface area contributed by atoms with Crippen LogP contribution >= 0.6 is 0 Å². The standard InChI is InChI=1S/C29H24O.C9H13.C2H7Si.Ti/c1-23-17-19-24(20-18-23)21-22-28(25-11-5-2-6-12-25)29(26-13-7-3-8-14-26)30-27-15-9-4-10-16-27;1-9(2,3)8-6-4-5-7-8;1-3-2;/h2-22H,1H3;6-7H,4H2,1-3H3;3H,1-2H3;. The van der Waals surface area contributed by atoms with Crippen LogP contribution in [0.15, 0.2) is 143 Å². The second kappa shape index (κ2) is 15.9. The van der Waals surface area contributed by atoms with Crippen molar-refractivity contribution in [3.63, 3.8) is 0 Å². The molecule has 0 unspecified atom stereocenters. The molecule has 0 aliphatic heterocycles. The largest absolute Gasteiger partial charge is 0.456 e. The van der Waals surface area contributed by atoms with Crippen LogP contribution in [0, 0.1) is 12.3 Å². The van der Waals surface area contributed by atoms with Crippen LogP contribution in [0.4, 0.5) is 0 Å². The molecule has 0 radical (unpaired) electrons. The smallest absolute Gasteiger partial charge is 0.142 e. The van der Waals surface area contributed by atoms with Gasteiger partial charge in [-0.1, -0.05) is 121 Å². The van der Waals surface area contributed by atoms with Crippen LogP contribution in [0.25, 0.3) is 17.4 Å². The predicted molar refractivity (Wildman–Crippen MR) is 186 cm³/mol. The van der Waals surface area contributed by atoms with E-state index < -0.39 is 0 Å². The van der Waals surface area contributed by atoms with E-state index in [1.807, 2.05) is 54.6 Å². The van der Waals surface area contributed by atoms with Gasteiger partial charge in [0.15, 0.2) is 0 Å². The minimum atomic E-state index is -0.282. The SMILES string of the molecule is C[SiH](C)[Ti][C]1=CC(C(C)(C)C)=CC1.Cc1ccc(C=CC(=C(Oc2ccccc2)c2ccccc2)c2ccccc2)cc1. The summed E-state index contributed by atoms with van der Waals surface area (Å²) in [7, 11) is 0. The molecule has 4 aromatic carbocycles. The number of allylic oxidation sites excluding steroid dienone is 6. The number of benzene rings is 4. The van der Waals surface area contributed by atoms with E-state index in [-0.39, 0.29) is 6.66 Å². The Morgan fingerprint density at radius 2 is 1.30 bits per heavy atom. The molecule has 0 bridgehead atoms. The fourth-order valence-electron chi connectivity index (χ4n) is 4.76. The minimum Gasteiger partial charge on any atom is -0.456 e. The van der Waals surface area contributed by atoms with Gasteiger partial charge in [-0.05, 0) is 30.2 Å². The van der Waals surface area contributed by atoms with Crippen LogP contribution in [0.5, 0.6) is 5.75 Å². The maximum absolute atomic E-state index is 6.45. The van der Waals surface area contributed by atoms with Gasteiger partial charge in [0.05, 0.1) is 0 Å². The molecule has 0 spiro atoms. The maximum Gasteiger partial charge on any atom is 0.142 e. The predicted octanol–water partition coefficient (Wildman–Crippen LogP) is 11.0. The van der Waals surface area contributed by atoms with Crippen LogP contribution in [0.3, 0.4) is 0 Å². The molecular formula is C40H44OSiTi. The zero-order chi connectivity index (χ0) is 30.7. The quantitative estimate of drug-likeness (QED) is 0.0828. The maximum atomic E-state index is 6.45. The van der Waals surface area contributed by atoms with Crippen LogP contribution in [0.2, 0.25) is 13.1 Å². The van der Waals surface area contributed by atoms with E-state index in [4.69, 9.17) is 4.74 Å². The minimum absolute atomic E-state index is 0.282. The summed E-state index contributed by atoms with van der Waals surface area (Å²) in [5.41, 5.74) is 7.52. The molecular weight excluding hydrogens is 572 g/mol. The first-order valence-corrected chi connectivity index (χ1v) is 21.6. The summed E-state index contributed by atoms with van der Waals surface area (Å²) in [5, 5.41) is 0. The van der Waals surface area contributed by atoms with Gasteiger partial charge in [0.1, 0.15) is 11.5 Å². The second-order valence-corrected chi connectivity index (χ2v) is 22.6. The van der Waals surface area contributed by atoms with Gasteiger partial charge >= 0.3 is 92.4 Å². The molecule has 0 saturated carbocycles. The van der Waals surface area contributed by atoms with Gasteiger partial charge in [0.25, 0.3) is 0 Å². The number of ether oxygens (including phenoxy) is 1. The number of aryl methyl sites for hydroxylation is 1. The Labute approximate surface area is 269 Å². The van der Waals surface area contributed by atoms with Crippen LogP contribution < -0.4 is 4.74 Å². The van der Waals surface area contributed by atoms with E-state index in [9.17, 15) is 0 Å². The summed E-state index contributed by atoms with van der Waals surface area (Å²) >= 11 is 0.302. The monoisotopic (exact) mass is 616 g/mol. The number of hydrogen-bond donors (Lipinski definition) is 0. The summed E-state index contributed by atoms with van der Waals surface area (Å²) in [4.78, 5) is 0. The van der Waals surface area contributed by atoms with E-state index in [1.54, 1.807) is 9.45 Å². The Morgan fingerprint density at radius 3 is 1.84 bits per heavy atom. The Bertz CT molecular complexity index is 1560. The molecule has 0 aromatic heterocycles. The van der Waals surface area contributed by atoms with E-state index >= 15 is 0 Å². The average Bonchev–Trinajstić information content (AvgIpc) is 3.48. The van der Waals surface area contributed by atoms with Crippen molar-refractivity contribution >= 4 is 24.1 Å². The van der Waals surface area contributed by atoms with E-state index in [0.717, 1.165) is 33.8 Å². The molecule has 1 aliphatic carbocycles. The normalized spacial score (nSPS) is 13.6. The van der Waals surface area contributed by atoms with Crippen LogP contribution in [-0.4, -0.2) is 6.66 Å². The third-order valence-electron chi connectivity index (χ3n) is 7.06. The first-order chi connectivity index (χ1) is 20.7. The van der Waals surface area contributed by atoms with Crippen molar-refractivity contribution in [2.24, 2.45) is 5.41 Å². The molecule has 218 valence electrons. The van der Waals surface area contributed by atoms with Gasteiger partial charge < -0.3 is 4.74 Å². The van der Waals surface area contributed by atoms with Gasteiger partial charge in [-0.15, -0.1) is 0 Å². The Balaban J connectivity index is 0.000000273. The van der Waals surface area contributed by atoms with Crippen molar-refractivity contribution in [2.45, 2.75) is 47.2 Å². The van der Waals surface area contributed by atoms with Crippen molar-refractivity contribution in [3.8, 4) is 5.75 Å². The van der Waals surface area contributed by atoms with Crippen LogP contribution in [-0.2, 0) is 18.4 Å². The summed E-state index contributed by atoms with van der Waals surface area (Å²) in [5.74, 6) is 1.64. The molecule has 5 rings (SSSR count). The summed E-state index contributed by atoms with van der Waals surface area (Å²) in [6.45, 7) is 13.7. The van der Waals surface area contributed by atoms with Crippen molar-refractivity contribution in [2.75, 3.05) is 0 Å². The molecule has 4 aromatic rings. The van der Waals surface area contributed by atoms with Crippen LogP contribution in [0.1, 0.15) is 49.4 Å². The molecule has 0 amide bonds. The van der Waals surface area contributed by atoms with E-state index in [1.165, 1.54) is 12.0 Å². The zero-order valence-corrected chi connectivity index (χ0v) is 29.2. The van der Waals surface area contributed by atoms with Gasteiger partial charge in [-0.3, -0.25) is 0 Å². The van der Waals surface area contributed by atoms with Crippen molar-refractivity contribution in [1.29, 1.82) is 0 Å². The summed E-state index contributed by atoms with van der Waals surface area (Å²) in [6.07, 6.45) is 10.5. The topological polar surface area (TPSA) is 9.23 Å². The molecule has 0 fully saturated rings.